The highest BCUT2D eigenvalue weighted by Crippen LogP contribution is 2.35. The van der Waals surface area contributed by atoms with Gasteiger partial charge in [-0.25, -0.2) is 0 Å². The van der Waals surface area contributed by atoms with Gasteiger partial charge < -0.3 is 5.11 Å². The first-order valence-electron chi connectivity index (χ1n) is 9.19. The molecule has 2 nitrogen and oxygen atoms in total. The number of aliphatic carboxylic acids is 1. The lowest BCUT2D eigenvalue weighted by atomic mass is 9.78. The molecule has 0 aliphatic heterocycles. The molecule has 136 valence electrons. The van der Waals surface area contributed by atoms with Crippen LogP contribution in [0.1, 0.15) is 55.2 Å². The fourth-order valence-corrected chi connectivity index (χ4v) is 4.72. The summed E-state index contributed by atoms with van der Waals surface area (Å²) in [6.07, 6.45) is 1.49. The van der Waals surface area contributed by atoms with Gasteiger partial charge in [0, 0.05) is 16.0 Å². The SMILES string of the molecule is CCc1cccc2sc(CC(C)(C(=O)O)c3ccc(C(C)C)cc3)cc12. The number of carbonyl (C=O) groups is 1. The van der Waals surface area contributed by atoms with Crippen LogP contribution >= 0.6 is 11.3 Å². The molecule has 2 aromatic carbocycles. The molecule has 0 radical (unpaired) electrons. The van der Waals surface area contributed by atoms with Crippen molar-refractivity contribution in [1.82, 2.24) is 0 Å². The molecular weight excluding hydrogens is 340 g/mol. The largest absolute Gasteiger partial charge is 0.481 e. The fourth-order valence-electron chi connectivity index (χ4n) is 3.45. The Bertz CT molecular complexity index is 921. The predicted molar refractivity (Wildman–Crippen MR) is 110 cm³/mol. The summed E-state index contributed by atoms with van der Waals surface area (Å²) < 4.78 is 1.24. The number of hydrogen-bond donors (Lipinski definition) is 1. The van der Waals surface area contributed by atoms with Gasteiger partial charge in [0.05, 0.1) is 5.41 Å². The Hall–Kier alpha value is -2.13. The highest BCUT2D eigenvalue weighted by atomic mass is 32.1. The average molecular weight is 367 g/mol. The van der Waals surface area contributed by atoms with Gasteiger partial charge in [0.1, 0.15) is 0 Å². The van der Waals surface area contributed by atoms with Crippen molar-refractivity contribution in [2.45, 2.75) is 51.9 Å². The van der Waals surface area contributed by atoms with Crippen molar-refractivity contribution in [3.8, 4) is 0 Å². The van der Waals surface area contributed by atoms with Gasteiger partial charge in [0.15, 0.2) is 0 Å². The van der Waals surface area contributed by atoms with Crippen molar-refractivity contribution in [3.63, 3.8) is 0 Å². The monoisotopic (exact) mass is 366 g/mol. The van der Waals surface area contributed by atoms with Gasteiger partial charge in [-0.2, -0.15) is 0 Å². The molecular formula is C23H26O2S. The van der Waals surface area contributed by atoms with E-state index in [9.17, 15) is 9.90 Å². The number of rotatable bonds is 6. The predicted octanol–water partition coefficient (Wildman–Crippen LogP) is 6.17. The van der Waals surface area contributed by atoms with E-state index in [4.69, 9.17) is 0 Å². The van der Waals surface area contributed by atoms with Crippen molar-refractivity contribution in [2.24, 2.45) is 0 Å². The maximum absolute atomic E-state index is 12.2. The van der Waals surface area contributed by atoms with E-state index in [2.05, 4.69) is 57.2 Å². The van der Waals surface area contributed by atoms with Crippen LogP contribution in [0.25, 0.3) is 10.1 Å². The number of thiophene rings is 1. The zero-order valence-electron chi connectivity index (χ0n) is 15.9. The molecule has 3 heteroatoms. The standard InChI is InChI=1S/C23H26O2S/c1-5-16-7-6-8-21-20(16)13-19(26-21)14-23(4,22(24)25)18-11-9-17(10-12-18)15(2)3/h6-13,15H,5,14H2,1-4H3,(H,24,25). The minimum Gasteiger partial charge on any atom is -0.481 e. The molecule has 3 aromatic rings. The van der Waals surface area contributed by atoms with Gasteiger partial charge in [-0.15, -0.1) is 11.3 Å². The third kappa shape index (κ3) is 3.41. The summed E-state index contributed by atoms with van der Waals surface area (Å²) >= 11 is 1.71. The second kappa shape index (κ2) is 7.24. The molecule has 0 aliphatic carbocycles. The molecule has 0 bridgehead atoms. The lowest BCUT2D eigenvalue weighted by Crippen LogP contribution is -2.34. The summed E-state index contributed by atoms with van der Waals surface area (Å²) in [5, 5.41) is 11.3. The summed E-state index contributed by atoms with van der Waals surface area (Å²) in [6, 6.07) is 16.6. The smallest absolute Gasteiger partial charge is 0.314 e. The van der Waals surface area contributed by atoms with Gasteiger partial charge in [-0.1, -0.05) is 57.2 Å². The number of aryl methyl sites for hydroxylation is 1. The second-order valence-electron chi connectivity index (χ2n) is 7.49. The van der Waals surface area contributed by atoms with E-state index >= 15 is 0 Å². The van der Waals surface area contributed by atoms with Gasteiger partial charge in [0.25, 0.3) is 0 Å². The van der Waals surface area contributed by atoms with E-state index in [-0.39, 0.29) is 0 Å². The van der Waals surface area contributed by atoms with Crippen LogP contribution in [-0.4, -0.2) is 11.1 Å². The number of carboxylic acids is 1. The van der Waals surface area contributed by atoms with Crippen molar-refractivity contribution in [2.75, 3.05) is 0 Å². The Morgan fingerprint density at radius 3 is 2.42 bits per heavy atom. The molecule has 1 unspecified atom stereocenters. The molecule has 0 saturated carbocycles. The first-order valence-corrected chi connectivity index (χ1v) is 10.0. The Kier molecular flexibility index (Phi) is 5.19. The van der Waals surface area contributed by atoms with Gasteiger partial charge >= 0.3 is 5.97 Å². The first-order chi connectivity index (χ1) is 12.3. The second-order valence-corrected chi connectivity index (χ2v) is 8.65. The average Bonchev–Trinajstić information content (AvgIpc) is 3.03. The van der Waals surface area contributed by atoms with Crippen LogP contribution in [0.3, 0.4) is 0 Å². The Morgan fingerprint density at radius 1 is 1.15 bits per heavy atom. The summed E-state index contributed by atoms with van der Waals surface area (Å²) in [7, 11) is 0. The van der Waals surface area contributed by atoms with E-state index in [1.54, 1.807) is 11.3 Å². The number of hydrogen-bond acceptors (Lipinski definition) is 2. The van der Waals surface area contributed by atoms with E-state index in [1.807, 2.05) is 19.1 Å². The van der Waals surface area contributed by atoms with E-state index in [1.165, 1.54) is 21.2 Å². The Morgan fingerprint density at radius 2 is 1.85 bits per heavy atom. The van der Waals surface area contributed by atoms with Crippen LogP contribution < -0.4 is 0 Å². The number of carboxylic acid groups (broad SMARTS) is 1. The molecule has 1 heterocycles. The van der Waals surface area contributed by atoms with Crippen molar-refractivity contribution < 1.29 is 9.90 Å². The van der Waals surface area contributed by atoms with Crippen LogP contribution in [0.4, 0.5) is 0 Å². The van der Waals surface area contributed by atoms with Crippen molar-refractivity contribution in [1.29, 1.82) is 0 Å². The van der Waals surface area contributed by atoms with Crippen LogP contribution in [0, 0.1) is 0 Å². The molecule has 0 spiro atoms. The summed E-state index contributed by atoms with van der Waals surface area (Å²) in [5.74, 6) is -0.335. The summed E-state index contributed by atoms with van der Waals surface area (Å²) in [5.41, 5.74) is 2.49. The van der Waals surface area contributed by atoms with Crippen LogP contribution in [0.15, 0.2) is 48.5 Å². The van der Waals surface area contributed by atoms with Crippen LogP contribution in [0.5, 0.6) is 0 Å². The quantitative estimate of drug-likeness (QED) is 0.566. The Balaban J connectivity index is 1.99. The highest BCUT2D eigenvalue weighted by molar-refractivity contribution is 7.19. The van der Waals surface area contributed by atoms with Crippen molar-refractivity contribution >= 4 is 27.4 Å². The van der Waals surface area contributed by atoms with Crippen molar-refractivity contribution in [3.05, 3.63) is 70.1 Å². The number of fused-ring (bicyclic) bond motifs is 1. The van der Waals surface area contributed by atoms with Gasteiger partial charge in [-0.3, -0.25) is 4.79 Å². The molecule has 1 aromatic heterocycles. The molecule has 0 fully saturated rings. The minimum absolute atomic E-state index is 0.440. The topological polar surface area (TPSA) is 37.3 Å². The number of benzene rings is 2. The molecule has 0 amide bonds. The van der Waals surface area contributed by atoms with E-state index < -0.39 is 11.4 Å². The third-order valence-electron chi connectivity index (χ3n) is 5.30. The van der Waals surface area contributed by atoms with Gasteiger partial charge in [-0.05, 0) is 53.5 Å². The fraction of sp³-hybridized carbons (Fsp3) is 0.348. The molecule has 26 heavy (non-hydrogen) atoms. The maximum atomic E-state index is 12.2. The molecule has 0 saturated heterocycles. The summed E-state index contributed by atoms with van der Waals surface area (Å²) in [4.78, 5) is 13.3. The minimum atomic E-state index is -0.928. The van der Waals surface area contributed by atoms with E-state index in [0.29, 0.717) is 12.3 Å². The first kappa shape index (κ1) is 18.7. The maximum Gasteiger partial charge on any atom is 0.314 e. The third-order valence-corrected chi connectivity index (χ3v) is 6.40. The lowest BCUT2D eigenvalue weighted by Gasteiger charge is -2.25. The van der Waals surface area contributed by atoms with Gasteiger partial charge in [0.2, 0.25) is 0 Å². The van der Waals surface area contributed by atoms with Crippen LogP contribution in [-0.2, 0) is 23.1 Å². The summed E-state index contributed by atoms with van der Waals surface area (Å²) in [6.45, 7) is 8.29. The van der Waals surface area contributed by atoms with Crippen LogP contribution in [0.2, 0.25) is 0 Å². The highest BCUT2D eigenvalue weighted by Gasteiger charge is 2.36. The molecule has 0 aliphatic rings. The molecule has 1 atom stereocenters. The Labute approximate surface area is 159 Å². The lowest BCUT2D eigenvalue weighted by molar-refractivity contribution is -0.143. The normalized spacial score (nSPS) is 13.9. The zero-order chi connectivity index (χ0) is 18.9. The molecule has 1 N–H and O–H groups in total. The van der Waals surface area contributed by atoms with E-state index in [0.717, 1.165) is 16.9 Å². The zero-order valence-corrected chi connectivity index (χ0v) is 16.7. The molecule has 3 rings (SSSR count).